The summed E-state index contributed by atoms with van der Waals surface area (Å²) in [5.74, 6) is -0.601. The Hall–Kier alpha value is -1.68. The first-order valence-electron chi connectivity index (χ1n) is 6.73. The molecule has 0 saturated carbocycles. The van der Waals surface area contributed by atoms with Gasteiger partial charge in [-0.25, -0.2) is 0 Å². The molecule has 0 spiro atoms. The maximum absolute atomic E-state index is 12.0. The third-order valence-electron chi connectivity index (χ3n) is 4.37. The summed E-state index contributed by atoms with van der Waals surface area (Å²) in [5, 5.41) is 9.23. The SMILES string of the molecule is CC(C(=O)O)N1CCc2cccc3c2C1CCC3=O. The molecule has 0 bridgehead atoms. The quantitative estimate of drug-likeness (QED) is 0.883. The lowest BCUT2D eigenvalue weighted by atomic mass is 9.79. The molecule has 4 heteroatoms. The molecule has 4 nitrogen and oxygen atoms in total. The molecule has 2 aliphatic rings. The van der Waals surface area contributed by atoms with Gasteiger partial charge >= 0.3 is 5.97 Å². The molecule has 1 heterocycles. The van der Waals surface area contributed by atoms with E-state index in [1.807, 2.05) is 17.0 Å². The van der Waals surface area contributed by atoms with Gasteiger partial charge in [-0.15, -0.1) is 0 Å². The number of carboxylic acids is 1. The van der Waals surface area contributed by atoms with Crippen LogP contribution in [0.4, 0.5) is 0 Å². The molecule has 0 radical (unpaired) electrons. The van der Waals surface area contributed by atoms with Crippen LogP contribution in [-0.4, -0.2) is 34.3 Å². The fourth-order valence-electron chi connectivity index (χ4n) is 3.36. The van der Waals surface area contributed by atoms with Gasteiger partial charge in [0, 0.05) is 24.6 Å². The highest BCUT2D eigenvalue weighted by atomic mass is 16.4. The van der Waals surface area contributed by atoms with Gasteiger partial charge in [0.25, 0.3) is 0 Å². The predicted molar refractivity (Wildman–Crippen MR) is 70.3 cm³/mol. The normalized spacial score (nSPS) is 23.8. The average Bonchev–Trinajstić information content (AvgIpc) is 2.42. The number of hydrogen-bond donors (Lipinski definition) is 1. The second-order valence-corrected chi connectivity index (χ2v) is 5.36. The average molecular weight is 259 g/mol. The molecule has 19 heavy (non-hydrogen) atoms. The minimum atomic E-state index is -0.794. The highest BCUT2D eigenvalue weighted by Gasteiger charge is 2.38. The smallest absolute Gasteiger partial charge is 0.320 e. The number of carbonyl (C=O) groups is 2. The number of rotatable bonds is 2. The Kier molecular flexibility index (Phi) is 2.90. The van der Waals surface area contributed by atoms with Crippen molar-refractivity contribution < 1.29 is 14.7 Å². The van der Waals surface area contributed by atoms with Crippen molar-refractivity contribution in [3.05, 3.63) is 34.9 Å². The van der Waals surface area contributed by atoms with Gasteiger partial charge in [-0.2, -0.15) is 0 Å². The van der Waals surface area contributed by atoms with Crippen LogP contribution in [0.3, 0.4) is 0 Å². The van der Waals surface area contributed by atoms with E-state index >= 15 is 0 Å². The number of hydrogen-bond acceptors (Lipinski definition) is 3. The molecule has 1 N–H and O–H groups in total. The minimum absolute atomic E-state index is 0.0868. The summed E-state index contributed by atoms with van der Waals surface area (Å²) in [6.45, 7) is 2.48. The number of carboxylic acid groups (broad SMARTS) is 1. The van der Waals surface area contributed by atoms with Crippen LogP contribution in [-0.2, 0) is 11.2 Å². The zero-order valence-electron chi connectivity index (χ0n) is 10.9. The topological polar surface area (TPSA) is 57.6 Å². The number of ketones is 1. The molecular weight excluding hydrogens is 242 g/mol. The summed E-state index contributed by atoms with van der Waals surface area (Å²) in [5.41, 5.74) is 3.10. The molecule has 3 rings (SSSR count). The van der Waals surface area contributed by atoms with E-state index in [0.717, 1.165) is 30.5 Å². The van der Waals surface area contributed by atoms with E-state index in [9.17, 15) is 14.7 Å². The summed E-state index contributed by atoms with van der Waals surface area (Å²) in [4.78, 5) is 25.3. The fraction of sp³-hybridized carbons (Fsp3) is 0.467. The monoisotopic (exact) mass is 259 g/mol. The Bertz CT molecular complexity index is 552. The molecule has 1 aliphatic carbocycles. The summed E-state index contributed by atoms with van der Waals surface area (Å²) in [7, 11) is 0. The van der Waals surface area contributed by atoms with Crippen LogP contribution in [0.1, 0.15) is 47.3 Å². The first-order valence-corrected chi connectivity index (χ1v) is 6.73. The Labute approximate surface area is 112 Å². The zero-order valence-corrected chi connectivity index (χ0v) is 10.9. The highest BCUT2D eigenvalue weighted by Crippen LogP contribution is 2.40. The Morgan fingerprint density at radius 3 is 2.95 bits per heavy atom. The number of aliphatic carboxylic acids is 1. The van der Waals surface area contributed by atoms with E-state index in [1.54, 1.807) is 6.92 Å². The second-order valence-electron chi connectivity index (χ2n) is 5.36. The Morgan fingerprint density at radius 2 is 2.21 bits per heavy atom. The molecule has 1 aliphatic heterocycles. The van der Waals surface area contributed by atoms with E-state index in [4.69, 9.17) is 0 Å². The van der Waals surface area contributed by atoms with Gasteiger partial charge in [0.2, 0.25) is 0 Å². The molecule has 0 aromatic heterocycles. The predicted octanol–water partition coefficient (Wildman–Crippen LogP) is 2.04. The van der Waals surface area contributed by atoms with Crippen molar-refractivity contribution in [3.8, 4) is 0 Å². The standard InChI is InChI=1S/C15H17NO3/c1-9(15(18)19)16-8-7-10-3-2-4-11-13(17)6-5-12(16)14(10)11/h2-4,9,12H,5-8H2,1H3,(H,18,19). The largest absolute Gasteiger partial charge is 0.480 e. The van der Waals surface area contributed by atoms with E-state index in [1.165, 1.54) is 5.56 Å². The molecule has 1 aromatic carbocycles. The van der Waals surface area contributed by atoms with E-state index in [0.29, 0.717) is 6.42 Å². The van der Waals surface area contributed by atoms with E-state index in [-0.39, 0.29) is 11.8 Å². The number of carbonyl (C=O) groups excluding carboxylic acids is 1. The molecule has 100 valence electrons. The number of benzene rings is 1. The lowest BCUT2D eigenvalue weighted by Crippen LogP contribution is -2.46. The molecule has 0 fully saturated rings. The van der Waals surface area contributed by atoms with Gasteiger partial charge < -0.3 is 5.11 Å². The maximum atomic E-state index is 12.0. The molecule has 1 aromatic rings. The van der Waals surface area contributed by atoms with Crippen molar-refractivity contribution in [2.75, 3.05) is 6.54 Å². The highest BCUT2D eigenvalue weighted by molar-refractivity contribution is 5.99. The first kappa shape index (κ1) is 12.4. The number of nitrogens with zero attached hydrogens (tertiary/aromatic N) is 1. The van der Waals surface area contributed by atoms with Gasteiger partial charge in [-0.1, -0.05) is 18.2 Å². The molecular formula is C15H17NO3. The van der Waals surface area contributed by atoms with Gasteiger partial charge in [-0.3, -0.25) is 14.5 Å². The summed E-state index contributed by atoms with van der Waals surface area (Å²) in [6.07, 6.45) is 2.08. The minimum Gasteiger partial charge on any atom is -0.480 e. The van der Waals surface area contributed by atoms with Crippen LogP contribution in [0, 0.1) is 0 Å². The van der Waals surface area contributed by atoms with Crippen LogP contribution in [0.5, 0.6) is 0 Å². The van der Waals surface area contributed by atoms with Crippen molar-refractivity contribution in [1.82, 2.24) is 4.90 Å². The lowest BCUT2D eigenvalue weighted by Gasteiger charge is -2.42. The summed E-state index contributed by atoms with van der Waals surface area (Å²) >= 11 is 0. The van der Waals surface area contributed by atoms with Crippen molar-refractivity contribution in [3.63, 3.8) is 0 Å². The van der Waals surface area contributed by atoms with Gasteiger partial charge in [0.05, 0.1) is 0 Å². The van der Waals surface area contributed by atoms with Crippen molar-refractivity contribution in [1.29, 1.82) is 0 Å². The Morgan fingerprint density at radius 1 is 1.42 bits per heavy atom. The van der Waals surface area contributed by atoms with Crippen LogP contribution in [0.2, 0.25) is 0 Å². The molecule has 2 atom stereocenters. The van der Waals surface area contributed by atoms with Crippen LogP contribution >= 0.6 is 0 Å². The third-order valence-corrected chi connectivity index (χ3v) is 4.37. The summed E-state index contributed by atoms with van der Waals surface area (Å²) in [6, 6.07) is 5.46. The van der Waals surface area contributed by atoms with Crippen molar-refractivity contribution >= 4 is 11.8 Å². The van der Waals surface area contributed by atoms with Crippen LogP contribution in [0.15, 0.2) is 18.2 Å². The van der Waals surface area contributed by atoms with Crippen LogP contribution < -0.4 is 0 Å². The van der Waals surface area contributed by atoms with Gasteiger partial charge in [-0.05, 0) is 30.9 Å². The van der Waals surface area contributed by atoms with Gasteiger partial charge in [0.15, 0.2) is 5.78 Å². The number of Topliss-reactive ketones (excluding diaryl/α,β-unsaturated/α-hetero) is 1. The molecule has 2 unspecified atom stereocenters. The maximum Gasteiger partial charge on any atom is 0.320 e. The van der Waals surface area contributed by atoms with Crippen molar-refractivity contribution in [2.24, 2.45) is 0 Å². The fourth-order valence-corrected chi connectivity index (χ4v) is 3.36. The third kappa shape index (κ3) is 1.87. The second kappa shape index (κ2) is 4.46. The molecule has 0 saturated heterocycles. The summed E-state index contributed by atoms with van der Waals surface area (Å²) < 4.78 is 0. The molecule has 0 amide bonds. The van der Waals surface area contributed by atoms with Gasteiger partial charge in [0.1, 0.15) is 6.04 Å². The van der Waals surface area contributed by atoms with Crippen LogP contribution in [0.25, 0.3) is 0 Å². The Balaban J connectivity index is 2.06. The van der Waals surface area contributed by atoms with Crippen molar-refractivity contribution in [2.45, 2.75) is 38.3 Å². The van der Waals surface area contributed by atoms with E-state index in [2.05, 4.69) is 6.07 Å². The zero-order chi connectivity index (χ0) is 13.6. The lowest BCUT2D eigenvalue weighted by molar-refractivity contribution is -0.144. The first-order chi connectivity index (χ1) is 9.09. The van der Waals surface area contributed by atoms with E-state index < -0.39 is 12.0 Å².